The van der Waals surface area contributed by atoms with E-state index in [4.69, 9.17) is 5.11 Å². The Balaban J connectivity index is 2.03. The molecular formula is C15H19BrN2O3. The lowest BCUT2D eigenvalue weighted by atomic mass is 10.1. The van der Waals surface area contributed by atoms with E-state index >= 15 is 0 Å². The molecule has 1 aromatic carbocycles. The van der Waals surface area contributed by atoms with Crippen LogP contribution in [0, 0.1) is 0 Å². The molecule has 2 rings (SSSR count). The van der Waals surface area contributed by atoms with E-state index in [9.17, 15) is 9.59 Å². The standard InChI is InChI=1S/C15H19BrN2O3/c16-12-9-5-8-11(14(19)20)13(12)18-15(21)17-10-6-3-1-2-4-7-10/h5,8-10H,1-4,6-7H2,(H,19,20)(H2,17,18,21). The van der Waals surface area contributed by atoms with Gasteiger partial charge in [0.2, 0.25) is 0 Å². The van der Waals surface area contributed by atoms with Crippen molar-refractivity contribution < 1.29 is 14.7 Å². The molecule has 1 aromatic rings. The van der Waals surface area contributed by atoms with E-state index in [0.29, 0.717) is 4.47 Å². The van der Waals surface area contributed by atoms with Crippen LogP contribution < -0.4 is 10.6 Å². The van der Waals surface area contributed by atoms with Crippen molar-refractivity contribution in [2.24, 2.45) is 0 Å². The molecule has 0 aromatic heterocycles. The molecule has 1 saturated carbocycles. The highest BCUT2D eigenvalue weighted by Gasteiger charge is 2.18. The molecule has 0 bridgehead atoms. The number of nitrogens with one attached hydrogen (secondary N) is 2. The highest BCUT2D eigenvalue weighted by Crippen LogP contribution is 2.26. The third-order valence-electron chi connectivity index (χ3n) is 3.67. The molecule has 3 N–H and O–H groups in total. The molecule has 21 heavy (non-hydrogen) atoms. The van der Waals surface area contributed by atoms with Crippen molar-refractivity contribution in [3.05, 3.63) is 28.2 Å². The third kappa shape index (κ3) is 4.46. The van der Waals surface area contributed by atoms with E-state index in [-0.39, 0.29) is 23.3 Å². The van der Waals surface area contributed by atoms with Crippen molar-refractivity contribution in [1.82, 2.24) is 5.32 Å². The second kappa shape index (κ2) is 7.45. The normalized spacial score (nSPS) is 16.0. The summed E-state index contributed by atoms with van der Waals surface area (Å²) >= 11 is 3.28. The number of hydrogen-bond acceptors (Lipinski definition) is 2. The Hall–Kier alpha value is -1.56. The average Bonchev–Trinajstić information content (AvgIpc) is 2.69. The van der Waals surface area contributed by atoms with Gasteiger partial charge in [0, 0.05) is 10.5 Å². The fourth-order valence-electron chi connectivity index (χ4n) is 2.59. The Morgan fingerprint density at radius 1 is 1.14 bits per heavy atom. The van der Waals surface area contributed by atoms with Gasteiger partial charge in [-0.2, -0.15) is 0 Å². The molecule has 0 unspecified atom stereocenters. The summed E-state index contributed by atoms with van der Waals surface area (Å²) in [6, 6.07) is 4.61. The summed E-state index contributed by atoms with van der Waals surface area (Å²) in [5.74, 6) is -1.07. The van der Waals surface area contributed by atoms with Crippen LogP contribution in [0.5, 0.6) is 0 Å². The first kappa shape index (κ1) is 15.8. The first-order valence-corrected chi connectivity index (χ1v) is 7.96. The fraction of sp³-hybridized carbons (Fsp3) is 0.467. The Kier molecular flexibility index (Phi) is 5.61. The van der Waals surface area contributed by atoms with E-state index in [1.165, 1.54) is 18.9 Å². The molecule has 1 aliphatic rings. The van der Waals surface area contributed by atoms with Crippen LogP contribution in [0.4, 0.5) is 10.5 Å². The van der Waals surface area contributed by atoms with Gasteiger partial charge in [-0.25, -0.2) is 9.59 Å². The molecule has 0 saturated heterocycles. The molecule has 5 nitrogen and oxygen atoms in total. The smallest absolute Gasteiger partial charge is 0.337 e. The third-order valence-corrected chi connectivity index (χ3v) is 4.33. The molecule has 0 atom stereocenters. The summed E-state index contributed by atoms with van der Waals surface area (Å²) in [6.45, 7) is 0. The van der Waals surface area contributed by atoms with Gasteiger partial charge < -0.3 is 15.7 Å². The van der Waals surface area contributed by atoms with Crippen LogP contribution in [0.1, 0.15) is 48.9 Å². The number of halogens is 1. The van der Waals surface area contributed by atoms with Crippen LogP contribution in [0.3, 0.4) is 0 Å². The minimum absolute atomic E-state index is 0.0698. The number of hydrogen-bond donors (Lipinski definition) is 3. The predicted octanol–water partition coefficient (Wildman–Crippen LogP) is 3.99. The quantitative estimate of drug-likeness (QED) is 0.718. The molecule has 0 spiro atoms. The monoisotopic (exact) mass is 354 g/mol. The molecule has 0 heterocycles. The van der Waals surface area contributed by atoms with Crippen LogP contribution in [-0.4, -0.2) is 23.1 Å². The number of carboxylic acids is 1. The van der Waals surface area contributed by atoms with Crippen molar-refractivity contribution in [2.45, 2.75) is 44.6 Å². The van der Waals surface area contributed by atoms with Gasteiger partial charge in [-0.15, -0.1) is 0 Å². The number of anilines is 1. The fourth-order valence-corrected chi connectivity index (χ4v) is 3.05. The maximum Gasteiger partial charge on any atom is 0.337 e. The van der Waals surface area contributed by atoms with E-state index in [0.717, 1.165) is 25.7 Å². The Labute approximate surface area is 132 Å². The summed E-state index contributed by atoms with van der Waals surface area (Å²) in [6.07, 6.45) is 6.64. The molecule has 1 aliphatic carbocycles. The van der Waals surface area contributed by atoms with Crippen LogP contribution in [0.2, 0.25) is 0 Å². The zero-order valence-electron chi connectivity index (χ0n) is 11.7. The highest BCUT2D eigenvalue weighted by molar-refractivity contribution is 9.10. The summed E-state index contributed by atoms with van der Waals surface area (Å²) in [5, 5.41) is 14.8. The maximum absolute atomic E-state index is 12.1. The number of urea groups is 1. The number of carbonyl (C=O) groups is 2. The van der Waals surface area contributed by atoms with Gasteiger partial charge in [0.1, 0.15) is 0 Å². The lowest BCUT2D eigenvalue weighted by Gasteiger charge is -2.18. The second-order valence-electron chi connectivity index (χ2n) is 5.25. The molecular weight excluding hydrogens is 336 g/mol. The summed E-state index contributed by atoms with van der Waals surface area (Å²) in [4.78, 5) is 23.3. The van der Waals surface area contributed by atoms with Crippen molar-refractivity contribution in [2.75, 3.05) is 5.32 Å². The van der Waals surface area contributed by atoms with Crippen molar-refractivity contribution in [3.63, 3.8) is 0 Å². The summed E-state index contributed by atoms with van der Waals surface area (Å²) in [7, 11) is 0. The van der Waals surface area contributed by atoms with E-state index < -0.39 is 5.97 Å². The zero-order valence-corrected chi connectivity index (χ0v) is 13.3. The summed E-state index contributed by atoms with van der Waals surface area (Å²) < 4.78 is 0.554. The molecule has 2 amide bonds. The lowest BCUT2D eigenvalue weighted by molar-refractivity contribution is 0.0698. The molecule has 0 radical (unpaired) electrons. The number of carboxylic acid groups (broad SMARTS) is 1. The van der Waals surface area contributed by atoms with Crippen LogP contribution in [0.25, 0.3) is 0 Å². The minimum atomic E-state index is -1.07. The SMILES string of the molecule is O=C(Nc1c(Br)cccc1C(=O)O)NC1CCCCCC1. The number of para-hydroxylation sites is 1. The van der Waals surface area contributed by atoms with E-state index in [1.54, 1.807) is 12.1 Å². The largest absolute Gasteiger partial charge is 0.478 e. The highest BCUT2D eigenvalue weighted by atomic mass is 79.9. The minimum Gasteiger partial charge on any atom is -0.478 e. The van der Waals surface area contributed by atoms with Crippen LogP contribution in [0.15, 0.2) is 22.7 Å². The van der Waals surface area contributed by atoms with Crippen molar-refractivity contribution in [3.8, 4) is 0 Å². The van der Waals surface area contributed by atoms with E-state index in [2.05, 4.69) is 26.6 Å². The van der Waals surface area contributed by atoms with Crippen molar-refractivity contribution >= 4 is 33.6 Å². The van der Waals surface area contributed by atoms with Gasteiger partial charge in [-0.3, -0.25) is 0 Å². The Bertz CT molecular complexity index is 526. The first-order valence-electron chi connectivity index (χ1n) is 7.17. The number of amides is 2. The topological polar surface area (TPSA) is 78.4 Å². The van der Waals surface area contributed by atoms with Gasteiger partial charge in [-0.05, 0) is 40.9 Å². The van der Waals surface area contributed by atoms with Crippen molar-refractivity contribution in [1.29, 1.82) is 0 Å². The Morgan fingerprint density at radius 2 is 1.81 bits per heavy atom. The lowest BCUT2D eigenvalue weighted by Crippen LogP contribution is -2.38. The number of rotatable bonds is 3. The molecule has 1 fully saturated rings. The summed E-state index contributed by atoms with van der Waals surface area (Å²) in [5.41, 5.74) is 0.358. The molecule has 6 heteroatoms. The predicted molar refractivity (Wildman–Crippen MR) is 84.7 cm³/mol. The van der Waals surface area contributed by atoms with Gasteiger partial charge in [0.15, 0.2) is 0 Å². The number of aromatic carboxylic acids is 1. The number of carbonyl (C=O) groups excluding carboxylic acids is 1. The Morgan fingerprint density at radius 3 is 2.43 bits per heavy atom. The maximum atomic E-state index is 12.1. The number of benzene rings is 1. The van der Waals surface area contributed by atoms with E-state index in [1.807, 2.05) is 0 Å². The van der Waals surface area contributed by atoms with Gasteiger partial charge in [0.25, 0.3) is 0 Å². The van der Waals surface area contributed by atoms with Gasteiger partial charge in [0.05, 0.1) is 11.3 Å². The second-order valence-corrected chi connectivity index (χ2v) is 6.11. The first-order chi connectivity index (χ1) is 10.1. The molecule has 114 valence electrons. The van der Waals surface area contributed by atoms with Gasteiger partial charge >= 0.3 is 12.0 Å². The molecule has 0 aliphatic heterocycles. The van der Waals surface area contributed by atoms with Crippen LogP contribution in [-0.2, 0) is 0 Å². The average molecular weight is 355 g/mol. The van der Waals surface area contributed by atoms with Crippen LogP contribution >= 0.6 is 15.9 Å². The zero-order chi connectivity index (χ0) is 15.2. The van der Waals surface area contributed by atoms with Gasteiger partial charge in [-0.1, -0.05) is 31.7 Å².